The molecule has 0 unspecified atom stereocenters. The summed E-state index contributed by atoms with van der Waals surface area (Å²) in [6, 6.07) is 16.0. The summed E-state index contributed by atoms with van der Waals surface area (Å²) in [7, 11) is 0. The molecule has 2 rings (SSSR count). The van der Waals surface area contributed by atoms with E-state index in [1.165, 1.54) is 5.56 Å². The molecule has 2 heteroatoms. The molecular weight excluding hydrogens is 251 g/mol. The van der Waals surface area contributed by atoms with Crippen LogP contribution >= 0.6 is 23.2 Å². The number of halogens is 2. The predicted octanol–water partition coefficient (Wildman–Crippen LogP) is 5.25. The highest BCUT2D eigenvalue weighted by Crippen LogP contribution is 2.23. The van der Waals surface area contributed by atoms with Gasteiger partial charge in [0.15, 0.2) is 0 Å². The van der Waals surface area contributed by atoms with Crippen molar-refractivity contribution in [3.8, 4) is 0 Å². The van der Waals surface area contributed by atoms with E-state index in [0.717, 1.165) is 12.0 Å². The average Bonchev–Trinajstić information content (AvgIpc) is 2.35. The van der Waals surface area contributed by atoms with Gasteiger partial charge >= 0.3 is 0 Å². The molecule has 0 aliphatic rings. The lowest BCUT2D eigenvalue weighted by molar-refractivity contribution is 1.28. The Kier molecular flexibility index (Phi) is 4.24. The van der Waals surface area contributed by atoms with Crippen molar-refractivity contribution in [2.75, 3.05) is 0 Å². The SMILES string of the molecule is Clc1ccc(/C=C/Cc2ccccc2)cc1Cl. The Morgan fingerprint density at radius 1 is 0.882 bits per heavy atom. The van der Waals surface area contributed by atoms with Gasteiger partial charge in [0.25, 0.3) is 0 Å². The van der Waals surface area contributed by atoms with Gasteiger partial charge in [-0.1, -0.05) is 71.8 Å². The number of hydrogen-bond acceptors (Lipinski definition) is 0. The van der Waals surface area contributed by atoms with Crippen molar-refractivity contribution in [2.45, 2.75) is 6.42 Å². The topological polar surface area (TPSA) is 0 Å². The summed E-state index contributed by atoms with van der Waals surface area (Å²) < 4.78 is 0. The van der Waals surface area contributed by atoms with Crippen LogP contribution in [0.3, 0.4) is 0 Å². The molecule has 0 atom stereocenters. The Morgan fingerprint density at radius 2 is 1.65 bits per heavy atom. The van der Waals surface area contributed by atoms with Crippen molar-refractivity contribution in [3.63, 3.8) is 0 Å². The third kappa shape index (κ3) is 3.62. The van der Waals surface area contributed by atoms with Crippen molar-refractivity contribution in [1.29, 1.82) is 0 Å². The van der Waals surface area contributed by atoms with E-state index in [-0.39, 0.29) is 0 Å². The Bertz CT molecular complexity index is 516. The fourth-order valence-electron chi connectivity index (χ4n) is 1.56. The van der Waals surface area contributed by atoms with Gasteiger partial charge in [-0.2, -0.15) is 0 Å². The Balaban J connectivity index is 2.03. The van der Waals surface area contributed by atoms with Crippen molar-refractivity contribution >= 4 is 29.3 Å². The lowest BCUT2D eigenvalue weighted by Gasteiger charge is -1.98. The largest absolute Gasteiger partial charge is 0.0827 e. The molecule has 17 heavy (non-hydrogen) atoms. The molecule has 0 aliphatic heterocycles. The number of allylic oxidation sites excluding steroid dienone is 1. The molecule has 0 amide bonds. The summed E-state index contributed by atoms with van der Waals surface area (Å²) in [5.41, 5.74) is 2.36. The normalized spacial score (nSPS) is 10.9. The van der Waals surface area contributed by atoms with Gasteiger partial charge in [0.1, 0.15) is 0 Å². The zero-order valence-corrected chi connectivity index (χ0v) is 10.7. The Hall–Kier alpha value is -1.24. The monoisotopic (exact) mass is 262 g/mol. The molecule has 0 heterocycles. The van der Waals surface area contributed by atoms with E-state index < -0.39 is 0 Å². The number of rotatable bonds is 3. The fraction of sp³-hybridized carbons (Fsp3) is 0.0667. The van der Waals surface area contributed by atoms with E-state index in [9.17, 15) is 0 Å². The summed E-state index contributed by atoms with van der Waals surface area (Å²) in [6.45, 7) is 0. The van der Waals surface area contributed by atoms with Crippen LogP contribution < -0.4 is 0 Å². The molecule has 0 saturated carbocycles. The van der Waals surface area contributed by atoms with Crippen LogP contribution in [0.15, 0.2) is 54.6 Å². The van der Waals surface area contributed by atoms with Crippen LogP contribution in [0.5, 0.6) is 0 Å². The maximum atomic E-state index is 5.94. The average molecular weight is 263 g/mol. The van der Waals surface area contributed by atoms with E-state index in [4.69, 9.17) is 23.2 Å². The van der Waals surface area contributed by atoms with Gasteiger partial charge in [-0.3, -0.25) is 0 Å². The standard InChI is InChI=1S/C15H12Cl2/c16-14-10-9-13(11-15(14)17)8-4-7-12-5-2-1-3-6-12/h1-6,8-11H,7H2/b8-4+. The molecule has 0 N–H and O–H groups in total. The zero-order valence-electron chi connectivity index (χ0n) is 9.24. The molecule has 0 saturated heterocycles. The summed E-state index contributed by atoms with van der Waals surface area (Å²) in [5, 5.41) is 1.18. The fourth-order valence-corrected chi connectivity index (χ4v) is 1.87. The maximum Gasteiger partial charge on any atom is 0.0598 e. The van der Waals surface area contributed by atoms with Crippen molar-refractivity contribution < 1.29 is 0 Å². The third-order valence-electron chi connectivity index (χ3n) is 2.45. The van der Waals surface area contributed by atoms with E-state index in [1.807, 2.05) is 36.4 Å². The first-order valence-corrected chi connectivity index (χ1v) is 6.17. The minimum atomic E-state index is 0.590. The van der Waals surface area contributed by atoms with Crippen LogP contribution in [0.25, 0.3) is 6.08 Å². The maximum absolute atomic E-state index is 5.94. The molecule has 0 bridgehead atoms. The second-order valence-electron chi connectivity index (χ2n) is 3.77. The van der Waals surface area contributed by atoms with Crippen molar-refractivity contribution in [3.05, 3.63) is 75.8 Å². The summed E-state index contributed by atoms with van der Waals surface area (Å²) in [6.07, 6.45) is 5.09. The predicted molar refractivity (Wildman–Crippen MR) is 75.6 cm³/mol. The highest BCUT2D eigenvalue weighted by Gasteiger charge is 1.96. The van der Waals surface area contributed by atoms with Crippen LogP contribution in [-0.4, -0.2) is 0 Å². The molecule has 0 nitrogen and oxygen atoms in total. The lowest BCUT2D eigenvalue weighted by Crippen LogP contribution is -1.79. The minimum Gasteiger partial charge on any atom is -0.0827 e. The van der Waals surface area contributed by atoms with Crippen LogP contribution in [0.4, 0.5) is 0 Å². The second-order valence-corrected chi connectivity index (χ2v) is 4.58. The van der Waals surface area contributed by atoms with Crippen LogP contribution in [0.1, 0.15) is 11.1 Å². The summed E-state index contributed by atoms with van der Waals surface area (Å²) >= 11 is 11.8. The van der Waals surface area contributed by atoms with Gasteiger partial charge < -0.3 is 0 Å². The smallest absolute Gasteiger partial charge is 0.0598 e. The highest BCUT2D eigenvalue weighted by atomic mass is 35.5. The number of benzene rings is 2. The van der Waals surface area contributed by atoms with Gasteiger partial charge in [0.2, 0.25) is 0 Å². The molecule has 0 radical (unpaired) electrons. The van der Waals surface area contributed by atoms with Crippen LogP contribution in [0.2, 0.25) is 10.0 Å². The number of hydrogen-bond donors (Lipinski definition) is 0. The molecule has 86 valence electrons. The van der Waals surface area contributed by atoms with Crippen LogP contribution in [-0.2, 0) is 6.42 Å². The molecule has 0 fully saturated rings. The second kappa shape index (κ2) is 5.90. The van der Waals surface area contributed by atoms with Gasteiger partial charge in [-0.15, -0.1) is 0 Å². The molecule has 2 aromatic carbocycles. The Morgan fingerprint density at radius 3 is 2.35 bits per heavy atom. The molecule has 0 aliphatic carbocycles. The first kappa shape index (κ1) is 12.2. The van der Waals surface area contributed by atoms with Gasteiger partial charge in [-0.05, 0) is 29.7 Å². The van der Waals surface area contributed by atoms with Gasteiger partial charge in [-0.25, -0.2) is 0 Å². The Labute approximate surface area is 112 Å². The van der Waals surface area contributed by atoms with E-state index in [0.29, 0.717) is 10.0 Å². The summed E-state index contributed by atoms with van der Waals surface area (Å²) in [4.78, 5) is 0. The van der Waals surface area contributed by atoms with Crippen molar-refractivity contribution in [2.24, 2.45) is 0 Å². The van der Waals surface area contributed by atoms with Crippen molar-refractivity contribution in [1.82, 2.24) is 0 Å². The third-order valence-corrected chi connectivity index (χ3v) is 3.19. The van der Waals surface area contributed by atoms with Gasteiger partial charge in [0, 0.05) is 0 Å². The molecular formula is C15H12Cl2. The molecule has 2 aromatic rings. The first-order chi connectivity index (χ1) is 8.25. The highest BCUT2D eigenvalue weighted by molar-refractivity contribution is 6.42. The van der Waals surface area contributed by atoms with E-state index in [2.05, 4.69) is 24.3 Å². The first-order valence-electron chi connectivity index (χ1n) is 5.41. The lowest BCUT2D eigenvalue weighted by atomic mass is 10.1. The van der Waals surface area contributed by atoms with E-state index in [1.54, 1.807) is 0 Å². The van der Waals surface area contributed by atoms with E-state index >= 15 is 0 Å². The van der Waals surface area contributed by atoms with Gasteiger partial charge in [0.05, 0.1) is 10.0 Å². The zero-order chi connectivity index (χ0) is 12.1. The summed E-state index contributed by atoms with van der Waals surface area (Å²) in [5.74, 6) is 0. The minimum absolute atomic E-state index is 0.590. The molecule has 0 spiro atoms. The molecule has 0 aromatic heterocycles. The quantitative estimate of drug-likeness (QED) is 0.709. The van der Waals surface area contributed by atoms with Crippen LogP contribution in [0, 0.1) is 0 Å².